The summed E-state index contributed by atoms with van der Waals surface area (Å²) in [4.78, 5) is 13.8. The summed E-state index contributed by atoms with van der Waals surface area (Å²) in [5.41, 5.74) is 1.03. The van der Waals surface area contributed by atoms with Gasteiger partial charge < -0.3 is 0 Å². The van der Waals surface area contributed by atoms with Crippen LogP contribution in [0, 0.1) is 6.92 Å². The Morgan fingerprint density at radius 3 is 1.52 bits per heavy atom. The molecule has 0 amide bonds. The van der Waals surface area contributed by atoms with E-state index < -0.39 is 8.07 Å². The molecule has 0 unspecified atom stereocenters. The van der Waals surface area contributed by atoms with Crippen LogP contribution >= 0.6 is 0 Å². The van der Waals surface area contributed by atoms with Gasteiger partial charge in [0.25, 0.3) is 0 Å². The van der Waals surface area contributed by atoms with Crippen LogP contribution in [0.1, 0.15) is 5.82 Å². The average molecular weight is 638 g/mol. The van der Waals surface area contributed by atoms with Gasteiger partial charge in [0.1, 0.15) is 0 Å². The summed E-state index contributed by atoms with van der Waals surface area (Å²) in [5, 5.41) is 5.38. The molecule has 0 bridgehead atoms. The summed E-state index contributed by atoms with van der Waals surface area (Å²) >= 11 is 1.02. The van der Waals surface area contributed by atoms with Crippen molar-refractivity contribution >= 4 is 57.1 Å². The van der Waals surface area contributed by atoms with Crippen LogP contribution < -0.4 is 24.3 Å². The second-order valence-corrected chi connectivity index (χ2v) is 13.3. The van der Waals surface area contributed by atoms with E-state index in [1.54, 1.807) is 0 Å². The molecule has 0 aliphatic heterocycles. The fourth-order valence-corrected chi connectivity index (χ4v) is 10.3. The van der Waals surface area contributed by atoms with Gasteiger partial charge in [0.2, 0.25) is 0 Å². The van der Waals surface area contributed by atoms with E-state index in [0.717, 1.165) is 45.5 Å². The fourth-order valence-electron chi connectivity index (χ4n) is 4.55. The molecule has 33 heavy (non-hydrogen) atoms. The Morgan fingerprint density at radius 1 is 0.545 bits per heavy atom. The molecule has 0 spiro atoms. The third-order valence-corrected chi connectivity index (χ3v) is 11.5. The average Bonchev–Trinajstić information content (AvgIpc) is 2.86. The minimum atomic E-state index is -2.56. The number of nitrogens with zero attached hydrogens (tertiary/aromatic N) is 3. The Kier molecular flexibility index (Phi) is 6.26. The molecule has 5 aromatic rings. The van der Waals surface area contributed by atoms with Crippen LogP contribution in [0.15, 0.2) is 115 Å². The predicted molar refractivity (Wildman–Crippen MR) is 139 cm³/mol. The zero-order valence-corrected chi connectivity index (χ0v) is 22.7. The first-order chi connectivity index (χ1) is 16.2. The van der Waals surface area contributed by atoms with Crippen molar-refractivity contribution in [3.63, 3.8) is 0 Å². The molecule has 0 atom stereocenters. The molecule has 0 aliphatic rings. The van der Waals surface area contributed by atoms with Gasteiger partial charge in [-0.25, -0.2) is 0 Å². The zero-order chi connectivity index (χ0) is 22.7. The molecule has 1 heterocycles. The first-order valence-electron chi connectivity index (χ1n) is 10.9. The Labute approximate surface area is 210 Å². The van der Waals surface area contributed by atoms with E-state index in [-0.39, 0.29) is 0 Å². The van der Waals surface area contributed by atoms with Gasteiger partial charge in [-0.05, 0) is 0 Å². The van der Waals surface area contributed by atoms with Crippen LogP contribution in [-0.2, 0) is 0 Å². The van der Waals surface area contributed by atoms with Crippen molar-refractivity contribution in [1.29, 1.82) is 0 Å². The van der Waals surface area contributed by atoms with Gasteiger partial charge >= 0.3 is 211 Å². The van der Waals surface area contributed by atoms with E-state index in [9.17, 15) is 0 Å². The molecule has 0 saturated heterocycles. The molecule has 0 saturated carbocycles. The number of hydrogen-bond donors (Lipinski definition) is 0. The molecule has 5 heteroatoms. The summed E-state index contributed by atoms with van der Waals surface area (Å²) in [5.74, 6) is 1.51. The first kappa shape index (κ1) is 21.8. The number of aryl methyl sites for hydroxylation is 1. The molecule has 1 aromatic heterocycles. The van der Waals surface area contributed by atoms with Crippen molar-refractivity contribution in [2.24, 2.45) is 0 Å². The number of benzene rings is 4. The number of rotatable bonds is 5. The van der Waals surface area contributed by atoms with E-state index in [1.807, 2.05) is 6.92 Å². The Bertz CT molecular complexity index is 1260. The molecule has 158 valence electrons. The van der Waals surface area contributed by atoms with Gasteiger partial charge in [-0.1, -0.05) is 0 Å². The molecule has 0 fully saturated rings. The molecule has 5 rings (SSSR count). The molecule has 4 aromatic carbocycles. The third kappa shape index (κ3) is 4.19. The van der Waals surface area contributed by atoms with E-state index in [2.05, 4.69) is 130 Å². The summed E-state index contributed by atoms with van der Waals surface area (Å²) in [7, 11) is -2.56. The van der Waals surface area contributed by atoms with E-state index in [1.165, 1.54) is 20.7 Å². The molecule has 2 radical (unpaired) electrons. The van der Waals surface area contributed by atoms with E-state index >= 15 is 0 Å². The number of aromatic nitrogens is 3. The quantitative estimate of drug-likeness (QED) is 0.219. The Hall–Kier alpha value is -3.01. The van der Waals surface area contributed by atoms with Crippen molar-refractivity contribution in [3.8, 4) is 11.4 Å². The number of hydrogen-bond acceptors (Lipinski definition) is 3. The summed E-state index contributed by atoms with van der Waals surface area (Å²) in [6.07, 6.45) is 0. The molecule has 0 N–H and O–H groups in total. The van der Waals surface area contributed by atoms with E-state index in [0.29, 0.717) is 0 Å². The molecule has 0 aliphatic carbocycles. The first-order valence-corrected chi connectivity index (χ1v) is 14.6. The van der Waals surface area contributed by atoms with Crippen molar-refractivity contribution in [3.05, 3.63) is 121 Å². The van der Waals surface area contributed by atoms with Crippen molar-refractivity contribution in [1.82, 2.24) is 15.0 Å². The third-order valence-electron chi connectivity index (χ3n) is 5.91. The SMILES string of the molecule is Cc1n[c]([Bi])nc(-c2cccc([Si](c3ccccc3)(c3ccccc3)c3ccccc3)c2)n1. The summed E-state index contributed by atoms with van der Waals surface area (Å²) < 4.78 is 0.848. The van der Waals surface area contributed by atoms with Gasteiger partial charge in [-0.15, -0.1) is 0 Å². The van der Waals surface area contributed by atoms with Gasteiger partial charge in [-0.3, -0.25) is 0 Å². The van der Waals surface area contributed by atoms with Crippen molar-refractivity contribution < 1.29 is 0 Å². The van der Waals surface area contributed by atoms with Gasteiger partial charge in [0, 0.05) is 0 Å². The molecular formula is C28H22BiN3Si. The van der Waals surface area contributed by atoms with Gasteiger partial charge in [0.15, 0.2) is 0 Å². The maximum absolute atomic E-state index is 4.69. The summed E-state index contributed by atoms with van der Waals surface area (Å²) in [6.45, 7) is 1.93. The van der Waals surface area contributed by atoms with Crippen LogP contribution in [0.4, 0.5) is 0 Å². The topological polar surface area (TPSA) is 38.7 Å². The van der Waals surface area contributed by atoms with Crippen LogP contribution in [0.2, 0.25) is 0 Å². The van der Waals surface area contributed by atoms with Crippen LogP contribution in [0.3, 0.4) is 0 Å². The normalized spacial score (nSPS) is 11.3. The van der Waals surface area contributed by atoms with Crippen LogP contribution in [0.5, 0.6) is 0 Å². The minimum absolute atomic E-state index is 0.749. The summed E-state index contributed by atoms with van der Waals surface area (Å²) in [6, 6.07) is 41.7. The monoisotopic (exact) mass is 637 g/mol. The van der Waals surface area contributed by atoms with Crippen molar-refractivity contribution in [2.45, 2.75) is 6.92 Å². The van der Waals surface area contributed by atoms with Gasteiger partial charge in [-0.2, -0.15) is 0 Å². The van der Waals surface area contributed by atoms with Gasteiger partial charge in [0.05, 0.1) is 0 Å². The Morgan fingerprint density at radius 2 is 1.03 bits per heavy atom. The Balaban J connectivity index is 1.84. The second-order valence-electron chi connectivity index (χ2n) is 7.94. The molecule has 3 nitrogen and oxygen atoms in total. The van der Waals surface area contributed by atoms with Crippen LogP contribution in [-0.4, -0.2) is 47.7 Å². The van der Waals surface area contributed by atoms with Crippen LogP contribution in [0.25, 0.3) is 11.4 Å². The predicted octanol–water partition coefficient (Wildman–Crippen LogP) is 2.02. The zero-order valence-electron chi connectivity index (χ0n) is 18.3. The van der Waals surface area contributed by atoms with E-state index in [4.69, 9.17) is 0 Å². The second kappa shape index (κ2) is 9.46. The van der Waals surface area contributed by atoms with Crippen molar-refractivity contribution in [2.75, 3.05) is 0 Å². The maximum atomic E-state index is 4.69. The fraction of sp³-hybridized carbons (Fsp3) is 0.0357. The molecular weight excluding hydrogens is 615 g/mol. The standard InChI is InChI=1S/C28H22N3Si.Bi/c1-22-29-21-30-28(31-22)23-12-11-19-27(20-23)32(24-13-5-2-6-14-24,25-15-7-3-8-16-25)26-17-9-4-10-18-26;/h2-20H,1H3;.